The highest BCUT2D eigenvalue weighted by atomic mass is 35.7. The predicted octanol–water partition coefficient (Wildman–Crippen LogP) is 4.15. The second kappa shape index (κ2) is 5.83. The van der Waals surface area contributed by atoms with Crippen LogP contribution in [0.25, 0.3) is 22.0 Å². The summed E-state index contributed by atoms with van der Waals surface area (Å²) in [5, 5.41) is 0.917. The van der Waals surface area contributed by atoms with Gasteiger partial charge in [0.15, 0.2) is 0 Å². The Morgan fingerprint density at radius 2 is 1.78 bits per heavy atom. The largest absolute Gasteiger partial charge is 0.495 e. The van der Waals surface area contributed by atoms with Gasteiger partial charge >= 0.3 is 0 Å². The topological polar surface area (TPSA) is 56.3 Å². The van der Waals surface area contributed by atoms with Crippen LogP contribution in [-0.4, -0.2) is 20.5 Å². The summed E-state index contributed by atoms with van der Waals surface area (Å²) in [4.78, 5) is 4.46. The van der Waals surface area contributed by atoms with Crippen LogP contribution in [0.4, 0.5) is 0 Å². The molecular formula is C17H14ClNO3S. The minimum atomic E-state index is -3.91. The minimum absolute atomic E-state index is 0.0438. The first-order valence-electron chi connectivity index (χ1n) is 6.90. The fraction of sp³-hybridized carbons (Fsp3) is 0.118. The van der Waals surface area contributed by atoms with Crippen molar-refractivity contribution in [3.05, 3.63) is 54.2 Å². The summed E-state index contributed by atoms with van der Waals surface area (Å²) in [5.41, 5.74) is 3.19. The summed E-state index contributed by atoms with van der Waals surface area (Å²) in [7, 11) is 3.05. The molecule has 0 spiro atoms. The molecule has 2 aromatic carbocycles. The van der Waals surface area contributed by atoms with Crippen LogP contribution in [0.3, 0.4) is 0 Å². The van der Waals surface area contributed by atoms with Gasteiger partial charge in [-0.3, -0.25) is 4.98 Å². The molecule has 118 valence electrons. The van der Waals surface area contributed by atoms with E-state index in [-0.39, 0.29) is 10.6 Å². The zero-order chi connectivity index (χ0) is 16.6. The number of fused-ring (bicyclic) bond motifs is 1. The summed E-state index contributed by atoms with van der Waals surface area (Å²) in [6, 6.07) is 14.5. The van der Waals surface area contributed by atoms with Crippen LogP contribution in [0.1, 0.15) is 5.69 Å². The van der Waals surface area contributed by atoms with Gasteiger partial charge < -0.3 is 4.74 Å². The Morgan fingerprint density at radius 3 is 2.48 bits per heavy atom. The van der Waals surface area contributed by atoms with Gasteiger partial charge in [-0.25, -0.2) is 8.42 Å². The van der Waals surface area contributed by atoms with Crippen molar-refractivity contribution in [2.75, 3.05) is 7.11 Å². The molecular weight excluding hydrogens is 334 g/mol. The number of hydrogen-bond donors (Lipinski definition) is 0. The Labute approximate surface area is 139 Å². The van der Waals surface area contributed by atoms with E-state index in [0.717, 1.165) is 22.2 Å². The molecule has 0 fully saturated rings. The van der Waals surface area contributed by atoms with Crippen molar-refractivity contribution < 1.29 is 13.2 Å². The highest BCUT2D eigenvalue weighted by molar-refractivity contribution is 8.13. The molecule has 0 saturated carbocycles. The third-order valence-electron chi connectivity index (χ3n) is 3.58. The molecule has 1 aromatic heterocycles. The summed E-state index contributed by atoms with van der Waals surface area (Å²) >= 11 is 0. The van der Waals surface area contributed by atoms with Gasteiger partial charge in [-0.1, -0.05) is 30.3 Å². The van der Waals surface area contributed by atoms with E-state index in [1.54, 1.807) is 6.07 Å². The number of hydrogen-bond acceptors (Lipinski definition) is 4. The van der Waals surface area contributed by atoms with Crippen LogP contribution < -0.4 is 4.74 Å². The number of pyridine rings is 1. The molecule has 4 nitrogen and oxygen atoms in total. The average Bonchev–Trinajstić information content (AvgIpc) is 2.52. The molecule has 0 aliphatic heterocycles. The summed E-state index contributed by atoms with van der Waals surface area (Å²) in [6.45, 7) is 1.89. The van der Waals surface area contributed by atoms with Crippen molar-refractivity contribution in [2.45, 2.75) is 11.8 Å². The standard InChI is InChI=1S/C17H14ClNO3S/c1-11-10-14(12-6-3-4-8-15(12)19-11)13-7-5-9-16(17(13)22-2)23(18,20)21/h3-10H,1-2H3. The number of para-hydroxylation sites is 2. The lowest BCUT2D eigenvalue weighted by Gasteiger charge is -2.14. The minimum Gasteiger partial charge on any atom is -0.495 e. The SMILES string of the molecule is COc1c(-c2cc(C)nc3ccccc23)cccc1S(=O)(=O)Cl. The zero-order valence-electron chi connectivity index (χ0n) is 12.6. The summed E-state index contributed by atoms with van der Waals surface area (Å²) < 4.78 is 29.0. The Balaban J connectivity index is 2.41. The molecule has 0 N–H and O–H groups in total. The zero-order valence-corrected chi connectivity index (χ0v) is 14.1. The molecule has 0 amide bonds. The Hall–Kier alpha value is -2.11. The molecule has 3 aromatic rings. The monoisotopic (exact) mass is 347 g/mol. The third kappa shape index (κ3) is 2.90. The fourth-order valence-corrected chi connectivity index (χ4v) is 3.68. The molecule has 0 saturated heterocycles. The first kappa shape index (κ1) is 15.8. The molecule has 0 unspecified atom stereocenters. The molecule has 0 atom stereocenters. The van der Waals surface area contributed by atoms with Crippen molar-refractivity contribution in [1.29, 1.82) is 0 Å². The van der Waals surface area contributed by atoms with Crippen molar-refractivity contribution in [3.8, 4) is 16.9 Å². The lowest BCUT2D eigenvalue weighted by atomic mass is 9.99. The third-order valence-corrected chi connectivity index (χ3v) is 4.93. The van der Waals surface area contributed by atoms with Crippen molar-refractivity contribution in [3.63, 3.8) is 0 Å². The van der Waals surface area contributed by atoms with Crippen molar-refractivity contribution >= 4 is 30.6 Å². The van der Waals surface area contributed by atoms with E-state index in [1.165, 1.54) is 13.2 Å². The van der Waals surface area contributed by atoms with Gasteiger partial charge in [0, 0.05) is 27.3 Å². The lowest BCUT2D eigenvalue weighted by Crippen LogP contribution is -1.99. The maximum Gasteiger partial charge on any atom is 0.265 e. The Kier molecular flexibility index (Phi) is 4.00. The van der Waals surface area contributed by atoms with E-state index in [1.807, 2.05) is 43.3 Å². The summed E-state index contributed by atoms with van der Waals surface area (Å²) in [5.74, 6) is 0.234. The van der Waals surface area contributed by atoms with E-state index in [2.05, 4.69) is 4.98 Å². The van der Waals surface area contributed by atoms with E-state index in [9.17, 15) is 8.42 Å². The van der Waals surface area contributed by atoms with Gasteiger partial charge in [-0.15, -0.1) is 0 Å². The molecule has 3 rings (SSSR count). The second-order valence-electron chi connectivity index (χ2n) is 5.10. The lowest BCUT2D eigenvalue weighted by molar-refractivity contribution is 0.405. The molecule has 0 bridgehead atoms. The van der Waals surface area contributed by atoms with Gasteiger partial charge in [0.2, 0.25) is 0 Å². The number of nitrogens with zero attached hydrogens (tertiary/aromatic N) is 1. The van der Waals surface area contributed by atoms with Crippen LogP contribution in [0, 0.1) is 6.92 Å². The van der Waals surface area contributed by atoms with Crippen LogP contribution in [0.2, 0.25) is 0 Å². The number of aryl methyl sites for hydroxylation is 1. The number of rotatable bonds is 3. The average molecular weight is 348 g/mol. The Bertz CT molecular complexity index is 1000. The van der Waals surface area contributed by atoms with Crippen LogP contribution in [0.5, 0.6) is 5.75 Å². The first-order valence-corrected chi connectivity index (χ1v) is 9.21. The molecule has 0 aliphatic carbocycles. The van der Waals surface area contributed by atoms with E-state index in [4.69, 9.17) is 15.4 Å². The van der Waals surface area contributed by atoms with Gasteiger partial charge in [0.25, 0.3) is 9.05 Å². The number of methoxy groups -OCH3 is 1. The summed E-state index contributed by atoms with van der Waals surface area (Å²) in [6.07, 6.45) is 0. The van der Waals surface area contributed by atoms with Crippen molar-refractivity contribution in [2.24, 2.45) is 0 Å². The number of halogens is 1. The maximum atomic E-state index is 11.8. The number of benzene rings is 2. The van der Waals surface area contributed by atoms with Crippen molar-refractivity contribution in [1.82, 2.24) is 4.98 Å². The number of aromatic nitrogens is 1. The molecule has 6 heteroatoms. The Morgan fingerprint density at radius 1 is 1.04 bits per heavy atom. The van der Waals surface area contributed by atoms with E-state index >= 15 is 0 Å². The van der Waals surface area contributed by atoms with Gasteiger partial charge in [-0.05, 0) is 30.7 Å². The fourth-order valence-electron chi connectivity index (χ4n) is 2.66. The highest BCUT2D eigenvalue weighted by Crippen LogP contribution is 2.39. The molecule has 0 radical (unpaired) electrons. The van der Waals surface area contributed by atoms with Gasteiger partial charge in [0.1, 0.15) is 10.6 Å². The second-order valence-corrected chi connectivity index (χ2v) is 7.64. The molecule has 23 heavy (non-hydrogen) atoms. The van der Waals surface area contributed by atoms with Gasteiger partial charge in [0.05, 0.1) is 12.6 Å². The number of ether oxygens (including phenoxy) is 1. The quantitative estimate of drug-likeness (QED) is 0.668. The van der Waals surface area contributed by atoms with Crippen LogP contribution in [0.15, 0.2) is 53.4 Å². The first-order chi connectivity index (χ1) is 10.9. The van der Waals surface area contributed by atoms with E-state index in [0.29, 0.717) is 5.56 Å². The normalized spacial score (nSPS) is 11.6. The maximum absolute atomic E-state index is 11.8. The van der Waals surface area contributed by atoms with E-state index < -0.39 is 9.05 Å². The van der Waals surface area contributed by atoms with Crippen LogP contribution >= 0.6 is 10.7 Å². The highest BCUT2D eigenvalue weighted by Gasteiger charge is 2.21. The predicted molar refractivity (Wildman–Crippen MR) is 91.5 cm³/mol. The smallest absolute Gasteiger partial charge is 0.265 e. The van der Waals surface area contributed by atoms with Crippen LogP contribution in [-0.2, 0) is 9.05 Å². The van der Waals surface area contributed by atoms with Gasteiger partial charge in [-0.2, -0.15) is 0 Å². The molecule has 1 heterocycles. The molecule has 0 aliphatic rings.